The zero-order valence-corrected chi connectivity index (χ0v) is 98.5. The van der Waals surface area contributed by atoms with Crippen molar-refractivity contribution in [2.45, 2.75) is 145 Å². The molecule has 10 aromatic carbocycles. The summed E-state index contributed by atoms with van der Waals surface area (Å²) in [6, 6.07) is 138. The molecule has 0 amide bonds. The molecule has 9 aromatic heterocycles. The summed E-state index contributed by atoms with van der Waals surface area (Å²) in [4.78, 5) is 35.7. The predicted octanol–water partition coefficient (Wildman–Crippen LogP) is 30.8. The van der Waals surface area contributed by atoms with Crippen molar-refractivity contribution in [3.05, 3.63) is 506 Å². The molecule has 20 rings (SSSR count). The summed E-state index contributed by atoms with van der Waals surface area (Å²) in [6.07, 6.45) is 17.0. The van der Waals surface area contributed by atoms with Gasteiger partial charge < -0.3 is 70.5 Å². The fourth-order valence-corrected chi connectivity index (χ4v) is 15.2. The third-order valence-corrected chi connectivity index (χ3v) is 22.4. The van der Waals surface area contributed by atoms with Gasteiger partial charge in [0.1, 0.15) is 0 Å². The molecule has 14 nitrogen and oxygen atoms in total. The average Bonchev–Trinajstić information content (AvgIpc) is 1.58. The molecule has 1 aliphatic carbocycles. The van der Waals surface area contributed by atoms with Gasteiger partial charge >= 0.3 is 0 Å². The largest absolute Gasteiger partial charge is 0.513 e. The molecule has 0 bridgehead atoms. The number of hydrogen-bond donors (Lipinski definition) is 6. The van der Waals surface area contributed by atoms with Gasteiger partial charge in [0.2, 0.25) is 0 Å². The second-order valence-corrected chi connectivity index (χ2v) is 36.9. The van der Waals surface area contributed by atoms with Crippen LogP contribution in [0.4, 0.5) is 0 Å². The summed E-state index contributed by atoms with van der Waals surface area (Å²) in [5.41, 5.74) is 26.0. The first-order valence-corrected chi connectivity index (χ1v) is 48.1. The Morgan fingerprint density at radius 2 is 0.622 bits per heavy atom. The van der Waals surface area contributed by atoms with Crippen LogP contribution >= 0.6 is 11.3 Å². The second-order valence-electron chi connectivity index (χ2n) is 36.0. The number of hydrogen-bond acceptors (Lipinski definition) is 15. The van der Waals surface area contributed by atoms with Crippen molar-refractivity contribution < 1.29 is 131 Å². The third kappa shape index (κ3) is 41.8. The molecular formula is C128H124Ir5N8O6S-8. The van der Waals surface area contributed by atoms with Gasteiger partial charge in [-0.3, -0.25) is 0 Å². The van der Waals surface area contributed by atoms with E-state index in [2.05, 4.69) is 285 Å². The number of allylic oxidation sites excluding steroid dienone is 3. The topological polar surface area (TPSA) is 224 Å². The molecule has 1 aliphatic rings. The van der Waals surface area contributed by atoms with E-state index in [0.29, 0.717) is 0 Å². The van der Waals surface area contributed by atoms with Crippen molar-refractivity contribution in [3.63, 3.8) is 0 Å². The maximum atomic E-state index is 8.49. The van der Waals surface area contributed by atoms with Crippen LogP contribution < -0.4 is 0 Å². The molecule has 20 heteroatoms. The van der Waals surface area contributed by atoms with E-state index in [9.17, 15) is 0 Å². The summed E-state index contributed by atoms with van der Waals surface area (Å²) < 4.78 is 0. The van der Waals surface area contributed by atoms with Gasteiger partial charge in [-0.05, 0) is 197 Å². The Morgan fingerprint density at radius 3 is 0.919 bits per heavy atom. The van der Waals surface area contributed by atoms with Crippen molar-refractivity contribution in [1.29, 1.82) is 0 Å². The van der Waals surface area contributed by atoms with Gasteiger partial charge in [0, 0.05) is 150 Å². The van der Waals surface area contributed by atoms with Crippen LogP contribution in [0.15, 0.2) is 424 Å². The molecule has 3 unspecified atom stereocenters. The standard InChI is InChI=1S/C24H18N.2C15H16N.C13H8NS.2C12H10N.2C11H8N.3C5H10O2.5Ir/c1-24(2)21-10-6-5-9-19(21)20-12-11-17(15-22(20)24)23-18-8-4-3-7-16(18)13-14-25-23;2*1-15(2,3)13-9-7-12(8-10-13)14-6-4-5-11-16-14;1-2-5-11-10(4-1)7-8-14-13(11)12-6-3-9-15-12;2*1-10-5-7-11(8-6-10)12-4-2-3-9-13-12;2*1-2-6-10(7-3-1)11-8-4-5-9-12-11;3*1-4(6)3-5(2)7;;;;;/h3-10,12-15H,1-2H3;2*4-7,9-11H,1-3H3;1-5,7-9H;2*2-7,9H,1H3;2*1-6,8-9H;3*3-4,6-7H,1-2H3;;;;;/q8*-1;;;;;;;;. The van der Waals surface area contributed by atoms with Crippen LogP contribution in [-0.2, 0) is 117 Å². The maximum absolute atomic E-state index is 8.49. The smallest absolute Gasteiger partial charge is 0.0877 e. The Morgan fingerprint density at radius 1 is 0.304 bits per heavy atom. The zero-order chi connectivity index (χ0) is 103. The van der Waals surface area contributed by atoms with Gasteiger partial charge in [0.25, 0.3) is 0 Å². The van der Waals surface area contributed by atoms with E-state index in [4.69, 9.17) is 30.6 Å². The summed E-state index contributed by atoms with van der Waals surface area (Å²) in [5.74, 6) is 0.486. The summed E-state index contributed by atoms with van der Waals surface area (Å²) >= 11 is 1.67. The Labute approximate surface area is 946 Å². The van der Waals surface area contributed by atoms with E-state index < -0.39 is 18.3 Å². The van der Waals surface area contributed by atoms with Crippen molar-refractivity contribution >= 4 is 32.9 Å². The van der Waals surface area contributed by atoms with Crippen molar-refractivity contribution in [2.24, 2.45) is 0 Å². The van der Waals surface area contributed by atoms with E-state index >= 15 is 0 Å². The number of aliphatic hydroxyl groups is 6. The molecule has 771 valence electrons. The van der Waals surface area contributed by atoms with Crippen LogP contribution in [0, 0.1) is 62.4 Å². The van der Waals surface area contributed by atoms with E-state index in [0.717, 1.165) is 89.4 Å². The maximum Gasteiger partial charge on any atom is 0.0877 e. The molecule has 6 N–H and O–H groups in total. The minimum atomic E-state index is -0.537. The fourth-order valence-electron chi connectivity index (χ4n) is 14.5. The minimum absolute atomic E-state index is 0. The van der Waals surface area contributed by atoms with Crippen molar-refractivity contribution in [3.8, 4) is 100 Å². The van der Waals surface area contributed by atoms with Crippen LogP contribution in [0.2, 0.25) is 0 Å². The first-order chi connectivity index (χ1) is 68.8. The molecule has 3 atom stereocenters. The SMILES string of the molecule is CC(C)(C)c1c[c-]c(-c2ccccn2)cc1.CC(C)(C)c1c[c-]c(-c2ccccn2)cc1.CC(O)=CC(C)O.CC(O)=CC(C)O.CC(O)=CC(C)O.CC1(C)c2ccccc2-c2c[c-]c(-c3nccc4ccccc34)cc21.Cc1c[c-]c(-c2ccccn2)cc1.Cc1c[c-]c(-c2ccccn2)cc1.[Ir].[Ir].[Ir].[Ir].[Ir].[c-]1ccccc1-c1ccccn1.[c-]1ccccc1-c1ccccn1.[c-]1ccsc1-c1nccc2ccccc12. The number of fused-ring (bicyclic) bond motifs is 5. The molecule has 0 saturated carbocycles. The number of aromatic nitrogens is 8. The van der Waals surface area contributed by atoms with Gasteiger partial charge in [0.15, 0.2) is 0 Å². The number of aryl methyl sites for hydroxylation is 2. The molecule has 19 aromatic rings. The first kappa shape index (κ1) is 126. The van der Waals surface area contributed by atoms with Crippen molar-refractivity contribution in [1.82, 2.24) is 39.9 Å². The monoisotopic (exact) mass is 2870 g/mol. The summed E-state index contributed by atoms with van der Waals surface area (Å²) in [5, 5.41) is 57.6. The van der Waals surface area contributed by atoms with Gasteiger partial charge in [-0.1, -0.05) is 231 Å². The molecule has 5 radical (unpaired) electrons. The van der Waals surface area contributed by atoms with Crippen LogP contribution in [0.3, 0.4) is 0 Å². The van der Waals surface area contributed by atoms with E-state index in [1.807, 2.05) is 224 Å². The van der Waals surface area contributed by atoms with Gasteiger partial charge in [-0.2, -0.15) is 12.1 Å². The van der Waals surface area contributed by atoms with Crippen molar-refractivity contribution in [2.75, 3.05) is 0 Å². The number of rotatable bonds is 11. The summed E-state index contributed by atoms with van der Waals surface area (Å²) in [6.45, 7) is 31.3. The van der Waals surface area contributed by atoms with E-state index in [1.165, 1.54) is 105 Å². The molecular weight excluding hydrogens is 2740 g/mol. The number of benzene rings is 10. The van der Waals surface area contributed by atoms with Gasteiger partial charge in [-0.15, -0.1) is 248 Å². The van der Waals surface area contributed by atoms with Gasteiger partial charge in [0.05, 0.1) is 35.6 Å². The third-order valence-electron chi connectivity index (χ3n) is 21.6. The number of aliphatic hydroxyl groups excluding tert-OH is 6. The Balaban J connectivity index is 0.000000291. The molecule has 0 fully saturated rings. The van der Waals surface area contributed by atoms with Gasteiger partial charge in [-0.25, -0.2) is 11.3 Å². The zero-order valence-electron chi connectivity index (χ0n) is 85.8. The van der Waals surface area contributed by atoms with Crippen LogP contribution in [-0.4, -0.2) is 88.8 Å². The average molecular weight is 2860 g/mol. The Hall–Kier alpha value is -12.6. The predicted molar refractivity (Wildman–Crippen MR) is 590 cm³/mol. The first-order valence-electron chi connectivity index (χ1n) is 47.2. The van der Waals surface area contributed by atoms with Crippen LogP contribution in [0.5, 0.6) is 0 Å². The number of pyridine rings is 8. The second kappa shape index (κ2) is 65.3. The normalized spacial score (nSPS) is 11.7. The minimum Gasteiger partial charge on any atom is -0.513 e. The Bertz CT molecular complexity index is 6670. The molecule has 148 heavy (non-hydrogen) atoms. The van der Waals surface area contributed by atoms with Crippen LogP contribution in [0.1, 0.15) is 130 Å². The summed E-state index contributed by atoms with van der Waals surface area (Å²) in [7, 11) is 0. The fraction of sp³-hybridized carbons (Fsp3) is 0.172. The molecule has 0 spiro atoms. The molecule has 0 aliphatic heterocycles. The van der Waals surface area contributed by atoms with Crippen LogP contribution in [0.25, 0.3) is 122 Å². The molecule has 9 heterocycles. The number of nitrogens with zero attached hydrogens (tertiary/aromatic N) is 8. The van der Waals surface area contributed by atoms with E-state index in [1.54, 1.807) is 69.3 Å². The molecule has 0 saturated heterocycles. The van der Waals surface area contributed by atoms with E-state index in [-0.39, 0.29) is 134 Å². The Kier molecular flexibility index (Phi) is 55.5. The quantitative estimate of drug-likeness (QED) is 0.0524. The number of thiophene rings is 1.